The molecule has 0 spiro atoms. The van der Waals surface area contributed by atoms with Crippen molar-refractivity contribution in [1.82, 2.24) is 21.3 Å². The topological polar surface area (TPSA) is 215 Å². The van der Waals surface area contributed by atoms with E-state index in [-0.39, 0.29) is 18.6 Å². The Balaban J connectivity index is 1.63. The molecule has 13 nitrogen and oxygen atoms in total. The predicted molar refractivity (Wildman–Crippen MR) is 166 cm³/mol. The van der Waals surface area contributed by atoms with E-state index in [1.54, 1.807) is 36.4 Å². The molecule has 0 saturated carbocycles. The molecule has 1 unspecified atom stereocenters. The number of aromatic hydroxyl groups is 1. The molecular weight excluding hydrogens is 599 g/mol. The van der Waals surface area contributed by atoms with Crippen molar-refractivity contribution < 1.29 is 39.6 Å². The van der Waals surface area contributed by atoms with Crippen LogP contribution >= 0.6 is 0 Å². The number of rotatable bonds is 16. The second-order valence-electron chi connectivity index (χ2n) is 10.4. The van der Waals surface area contributed by atoms with Crippen LogP contribution in [0, 0.1) is 5.82 Å². The highest BCUT2D eigenvalue weighted by atomic mass is 19.1. The van der Waals surface area contributed by atoms with E-state index in [0.717, 1.165) is 0 Å². The summed E-state index contributed by atoms with van der Waals surface area (Å²) in [6.45, 7) is 0.818. The van der Waals surface area contributed by atoms with Crippen LogP contribution in [-0.2, 0) is 36.8 Å². The molecule has 3 rings (SSSR count). The average molecular weight is 638 g/mol. The summed E-state index contributed by atoms with van der Waals surface area (Å²) in [5.41, 5.74) is 9.23. The number of carbonyl (C=O) groups is 5. The number of primary amides is 1. The molecule has 5 amide bonds. The second kappa shape index (κ2) is 16.5. The average Bonchev–Trinajstić information content (AvgIpc) is 3.06. The van der Waals surface area contributed by atoms with Crippen molar-refractivity contribution in [3.05, 3.63) is 95.3 Å². The van der Waals surface area contributed by atoms with Crippen LogP contribution in [-0.4, -0.2) is 66.4 Å². The van der Waals surface area contributed by atoms with Crippen molar-refractivity contribution in [3.63, 3.8) is 0 Å². The van der Waals surface area contributed by atoms with E-state index >= 15 is 0 Å². The molecule has 0 heterocycles. The standard InChI is InChI=1S/C32H37FN6O7/c1-18(37-31(44)25(34)15-19-5-11-23(40)12-6-19)30(43)36-17-27(41)38-26(16-20-3-9-22(33)10-4-20)32(45)39-28(29(35)42)21-7-13-24(46-2)14-8-21/h3-14,18,25-26,28,40H,15-17,34H2,1-2H3,(H2,35,42)(H,36,43)(H,37,44)(H,38,41)(H,39,45)/t18-,25-,26?,28-/m0/s1/i/hD. The van der Waals surface area contributed by atoms with Crippen LogP contribution in [0.3, 0.4) is 0 Å². The van der Waals surface area contributed by atoms with E-state index in [1.807, 2.05) is 0 Å². The first-order valence-corrected chi connectivity index (χ1v) is 14.2. The molecule has 0 aliphatic heterocycles. The van der Waals surface area contributed by atoms with Crippen molar-refractivity contribution in [1.29, 1.82) is 0 Å². The number of ether oxygens (including phenoxy) is 1. The van der Waals surface area contributed by atoms with Crippen molar-refractivity contribution in [3.8, 4) is 11.5 Å². The Morgan fingerprint density at radius 1 is 0.848 bits per heavy atom. The maximum absolute atomic E-state index is 13.5. The molecular formula is C32H37FN6O7. The van der Waals surface area contributed by atoms with E-state index in [4.69, 9.17) is 11.9 Å². The molecule has 244 valence electrons. The molecule has 0 saturated heterocycles. The molecule has 0 aliphatic rings. The number of hydrogen-bond acceptors (Lipinski definition) is 8. The summed E-state index contributed by atoms with van der Waals surface area (Å²) in [6, 6.07) is 13.0. The lowest BCUT2D eigenvalue weighted by Gasteiger charge is -2.23. The largest absolute Gasteiger partial charge is 0.508 e. The quantitative estimate of drug-likeness (QED) is 0.114. The number of methoxy groups -OCH3 is 1. The van der Waals surface area contributed by atoms with Gasteiger partial charge in [-0.25, -0.2) is 4.39 Å². The van der Waals surface area contributed by atoms with Crippen LogP contribution in [0.1, 0.15) is 29.7 Å². The Bertz CT molecular complexity index is 1540. The maximum atomic E-state index is 13.5. The number of halogens is 1. The van der Waals surface area contributed by atoms with Crippen molar-refractivity contribution in [2.75, 3.05) is 13.7 Å². The van der Waals surface area contributed by atoms with Crippen LogP contribution in [0.2, 0.25) is 1.41 Å². The number of amides is 5. The Morgan fingerprint density at radius 2 is 1.46 bits per heavy atom. The highest BCUT2D eigenvalue weighted by Gasteiger charge is 2.28. The summed E-state index contributed by atoms with van der Waals surface area (Å²) in [6.07, 6.45) is 0.0217. The molecule has 0 fully saturated rings. The molecule has 0 bridgehead atoms. The zero-order valence-electron chi connectivity index (χ0n) is 26.2. The van der Waals surface area contributed by atoms with Gasteiger partial charge in [0.1, 0.15) is 36.9 Å². The highest BCUT2D eigenvalue weighted by molar-refractivity contribution is 5.94. The van der Waals surface area contributed by atoms with Crippen LogP contribution in [0.15, 0.2) is 72.8 Å². The van der Waals surface area contributed by atoms with Crippen LogP contribution < -0.4 is 37.5 Å². The first-order chi connectivity index (χ1) is 22.4. The van der Waals surface area contributed by atoms with E-state index < -0.39 is 66.1 Å². The van der Waals surface area contributed by atoms with Gasteiger partial charge in [-0.05, 0) is 66.4 Å². The molecule has 0 radical (unpaired) electrons. The van der Waals surface area contributed by atoms with E-state index in [2.05, 4.69) is 27.0 Å². The fourth-order valence-electron chi connectivity index (χ4n) is 4.33. The number of nitrogens with two attached hydrogens (primary N) is 2. The van der Waals surface area contributed by atoms with Gasteiger partial charge in [0.05, 0.1) is 19.7 Å². The predicted octanol–water partition coefficient (Wildman–Crippen LogP) is 0.101. The maximum Gasteiger partial charge on any atom is 0.244 e. The molecule has 0 aliphatic carbocycles. The number of nitrogens with one attached hydrogen (secondary N) is 4. The van der Waals surface area contributed by atoms with Crippen molar-refractivity contribution in [2.24, 2.45) is 11.5 Å². The van der Waals surface area contributed by atoms with Gasteiger partial charge < -0.3 is 42.6 Å². The van der Waals surface area contributed by atoms with Gasteiger partial charge in [0.2, 0.25) is 29.5 Å². The molecule has 14 heteroatoms. The fraction of sp³-hybridized carbons (Fsp3) is 0.281. The van der Waals surface area contributed by atoms with E-state index in [0.29, 0.717) is 22.4 Å². The van der Waals surface area contributed by atoms with Gasteiger partial charge in [-0.1, -0.05) is 36.4 Å². The first kappa shape index (κ1) is 33.4. The van der Waals surface area contributed by atoms with Gasteiger partial charge in [-0.15, -0.1) is 0 Å². The Labute approximate surface area is 266 Å². The van der Waals surface area contributed by atoms with Gasteiger partial charge in [-0.3, -0.25) is 24.0 Å². The van der Waals surface area contributed by atoms with E-state index in [9.17, 15) is 33.5 Å². The van der Waals surface area contributed by atoms with Gasteiger partial charge in [-0.2, -0.15) is 0 Å². The number of hydrogen-bond donors (Lipinski definition) is 7. The molecule has 0 aromatic heterocycles. The van der Waals surface area contributed by atoms with E-state index in [1.165, 1.54) is 50.4 Å². The molecule has 9 N–H and O–H groups in total. The minimum absolute atomic E-state index is 0.0498. The second-order valence-corrected chi connectivity index (χ2v) is 10.4. The number of benzene rings is 3. The Kier molecular flexibility index (Phi) is 12.0. The van der Waals surface area contributed by atoms with Crippen LogP contribution in [0.25, 0.3) is 0 Å². The molecule has 3 aromatic carbocycles. The highest BCUT2D eigenvalue weighted by Crippen LogP contribution is 2.18. The SMILES string of the molecule is [2H]N[C@@H](Cc1ccc(O)cc1)C(=O)N[C@@H](C)C(=O)NCC(=O)NC(Cc1ccc(F)cc1)C(=O)N[C@H](C(N)=O)c1ccc(OC)cc1. The summed E-state index contributed by atoms with van der Waals surface area (Å²) in [5.74, 6) is -3.68. The zero-order valence-corrected chi connectivity index (χ0v) is 25.2. The lowest BCUT2D eigenvalue weighted by molar-refractivity contribution is -0.132. The minimum Gasteiger partial charge on any atom is -0.508 e. The molecule has 3 aromatic rings. The Hall–Kier alpha value is -5.50. The number of phenols is 1. The summed E-state index contributed by atoms with van der Waals surface area (Å²) >= 11 is 0. The van der Waals surface area contributed by atoms with Crippen molar-refractivity contribution in [2.45, 2.75) is 43.9 Å². The van der Waals surface area contributed by atoms with Crippen molar-refractivity contribution >= 4 is 29.5 Å². The molecule has 46 heavy (non-hydrogen) atoms. The third-order valence-corrected chi connectivity index (χ3v) is 6.89. The van der Waals surface area contributed by atoms with Crippen LogP contribution in [0.4, 0.5) is 4.39 Å². The molecule has 4 atom stereocenters. The van der Waals surface area contributed by atoms with Gasteiger partial charge in [0, 0.05) is 6.42 Å². The van der Waals surface area contributed by atoms with Crippen LogP contribution in [0.5, 0.6) is 11.5 Å². The summed E-state index contributed by atoms with van der Waals surface area (Å²) in [7, 11) is 1.47. The fourth-order valence-corrected chi connectivity index (χ4v) is 4.33. The minimum atomic E-state index is -1.26. The summed E-state index contributed by atoms with van der Waals surface area (Å²) in [4.78, 5) is 63.9. The number of carbonyl (C=O) groups excluding carboxylic acids is 5. The van der Waals surface area contributed by atoms with Gasteiger partial charge in [0.25, 0.3) is 0 Å². The third kappa shape index (κ3) is 10.6. The zero-order chi connectivity index (χ0) is 34.5. The smallest absolute Gasteiger partial charge is 0.244 e. The third-order valence-electron chi connectivity index (χ3n) is 6.89. The number of phenolic OH excluding ortho intramolecular Hbond substituents is 1. The summed E-state index contributed by atoms with van der Waals surface area (Å²) in [5, 5.41) is 19.3. The Morgan fingerprint density at radius 3 is 2.04 bits per heavy atom. The lowest BCUT2D eigenvalue weighted by atomic mass is 10.0. The van der Waals surface area contributed by atoms with Gasteiger partial charge >= 0.3 is 0 Å². The van der Waals surface area contributed by atoms with Gasteiger partial charge in [0.15, 0.2) is 0 Å². The first-order valence-electron chi connectivity index (χ1n) is 14.7. The normalized spacial score (nSPS) is 13.6. The summed E-state index contributed by atoms with van der Waals surface area (Å²) < 4.78 is 26.1. The lowest BCUT2D eigenvalue weighted by Crippen LogP contribution is -2.54. The monoisotopic (exact) mass is 637 g/mol.